The lowest BCUT2D eigenvalue weighted by molar-refractivity contribution is 0.318. The first-order valence-electron chi connectivity index (χ1n) is 6.68. The maximum absolute atomic E-state index is 13.1. The van der Waals surface area contributed by atoms with Crippen molar-refractivity contribution in [3.8, 4) is 0 Å². The highest BCUT2D eigenvalue weighted by Gasteiger charge is 2.15. The number of benzene rings is 2. The van der Waals surface area contributed by atoms with Gasteiger partial charge in [-0.3, -0.25) is 0 Å². The van der Waals surface area contributed by atoms with Gasteiger partial charge in [0.2, 0.25) is 0 Å². The largest absolute Gasteiger partial charge is 0.409 e. The number of halogens is 1. The van der Waals surface area contributed by atoms with Crippen LogP contribution in [0.4, 0.5) is 15.8 Å². The van der Waals surface area contributed by atoms with Gasteiger partial charge >= 0.3 is 0 Å². The Morgan fingerprint density at radius 1 is 1.24 bits per heavy atom. The number of oxime groups is 1. The number of amidine groups is 1. The monoisotopic (exact) mass is 287 g/mol. The molecule has 0 spiro atoms. The fourth-order valence-electron chi connectivity index (χ4n) is 2.26. The molecule has 0 aliphatic rings. The lowest BCUT2D eigenvalue weighted by Crippen LogP contribution is -2.22. The molecule has 0 radical (unpaired) electrons. The van der Waals surface area contributed by atoms with Crippen molar-refractivity contribution in [3.05, 3.63) is 59.4 Å². The zero-order chi connectivity index (χ0) is 15.4. The minimum Gasteiger partial charge on any atom is -0.409 e. The molecule has 0 unspecified atom stereocenters. The van der Waals surface area contributed by atoms with Crippen LogP contribution < -0.4 is 10.6 Å². The topological polar surface area (TPSA) is 61.8 Å². The number of aryl methyl sites for hydroxylation is 1. The Bertz CT molecular complexity index is 653. The summed E-state index contributed by atoms with van der Waals surface area (Å²) < 4.78 is 13.1. The zero-order valence-corrected chi connectivity index (χ0v) is 12.0. The van der Waals surface area contributed by atoms with Gasteiger partial charge in [0.1, 0.15) is 5.82 Å². The molecule has 110 valence electrons. The van der Waals surface area contributed by atoms with Crippen LogP contribution in [0.25, 0.3) is 0 Å². The van der Waals surface area contributed by atoms with E-state index in [9.17, 15) is 4.39 Å². The fourth-order valence-corrected chi connectivity index (χ4v) is 2.26. The Labute approximate surface area is 123 Å². The zero-order valence-electron chi connectivity index (χ0n) is 12.0. The van der Waals surface area contributed by atoms with E-state index in [1.165, 1.54) is 12.1 Å². The maximum atomic E-state index is 13.1. The molecule has 5 heteroatoms. The van der Waals surface area contributed by atoms with E-state index in [1.54, 1.807) is 12.1 Å². The van der Waals surface area contributed by atoms with Gasteiger partial charge in [0.05, 0.1) is 5.69 Å². The Morgan fingerprint density at radius 3 is 2.48 bits per heavy atom. The SMILES string of the molecule is CCN(c1ccc(F)cc1)c1ccc(C)cc1/C(N)=N/O. The Morgan fingerprint density at radius 2 is 1.90 bits per heavy atom. The van der Waals surface area contributed by atoms with Crippen LogP contribution in [0.2, 0.25) is 0 Å². The molecule has 0 saturated heterocycles. The molecule has 0 saturated carbocycles. The lowest BCUT2D eigenvalue weighted by atomic mass is 10.1. The summed E-state index contributed by atoms with van der Waals surface area (Å²) in [6, 6.07) is 12.0. The van der Waals surface area contributed by atoms with Crippen molar-refractivity contribution in [2.45, 2.75) is 13.8 Å². The Kier molecular flexibility index (Phi) is 4.42. The predicted octanol–water partition coefficient (Wildman–Crippen LogP) is 3.39. The highest BCUT2D eigenvalue weighted by atomic mass is 19.1. The van der Waals surface area contributed by atoms with E-state index in [2.05, 4.69) is 5.16 Å². The van der Waals surface area contributed by atoms with Gasteiger partial charge < -0.3 is 15.8 Å². The van der Waals surface area contributed by atoms with Gasteiger partial charge in [0.25, 0.3) is 0 Å². The summed E-state index contributed by atoms with van der Waals surface area (Å²) in [5.41, 5.74) is 9.08. The molecule has 3 N–H and O–H groups in total. The summed E-state index contributed by atoms with van der Waals surface area (Å²) in [6.07, 6.45) is 0. The van der Waals surface area contributed by atoms with E-state index >= 15 is 0 Å². The third kappa shape index (κ3) is 3.13. The molecule has 0 heterocycles. The summed E-state index contributed by atoms with van der Waals surface area (Å²) in [6.45, 7) is 4.59. The van der Waals surface area contributed by atoms with Crippen LogP contribution in [0.15, 0.2) is 47.6 Å². The molecule has 2 aromatic carbocycles. The van der Waals surface area contributed by atoms with E-state index in [0.29, 0.717) is 12.1 Å². The Balaban J connectivity index is 2.54. The highest BCUT2D eigenvalue weighted by molar-refractivity contribution is 6.03. The molecule has 0 aromatic heterocycles. The molecule has 2 rings (SSSR count). The molecule has 0 amide bonds. The Hall–Kier alpha value is -2.56. The number of anilines is 2. The molecule has 2 aromatic rings. The predicted molar refractivity (Wildman–Crippen MR) is 82.8 cm³/mol. The molecule has 0 fully saturated rings. The van der Waals surface area contributed by atoms with E-state index in [-0.39, 0.29) is 11.7 Å². The minimum atomic E-state index is -0.282. The molecular weight excluding hydrogens is 269 g/mol. The molecule has 0 aliphatic heterocycles. The minimum absolute atomic E-state index is 0.0502. The van der Waals surface area contributed by atoms with Gasteiger partial charge in [-0.15, -0.1) is 0 Å². The summed E-state index contributed by atoms with van der Waals surface area (Å²) in [5.74, 6) is -0.232. The third-order valence-corrected chi connectivity index (χ3v) is 3.28. The second-order valence-corrected chi connectivity index (χ2v) is 4.73. The number of nitrogens with two attached hydrogens (primary N) is 1. The first-order valence-corrected chi connectivity index (χ1v) is 6.68. The standard InChI is InChI=1S/C16H18FN3O/c1-3-20(13-7-5-12(17)6-8-13)15-9-4-11(2)10-14(15)16(18)19-21/h4-10,21H,3H2,1-2H3,(H2,18,19). The highest BCUT2D eigenvalue weighted by Crippen LogP contribution is 2.29. The van der Waals surface area contributed by atoms with Gasteiger partial charge in [-0.05, 0) is 50.2 Å². The van der Waals surface area contributed by atoms with Gasteiger partial charge in [-0.2, -0.15) is 0 Å². The summed E-state index contributed by atoms with van der Waals surface area (Å²) in [5, 5.41) is 12.1. The van der Waals surface area contributed by atoms with Crippen molar-refractivity contribution in [1.82, 2.24) is 0 Å². The van der Waals surface area contributed by atoms with Crippen LogP contribution >= 0.6 is 0 Å². The number of nitrogens with zero attached hydrogens (tertiary/aromatic N) is 2. The van der Waals surface area contributed by atoms with Crippen LogP contribution in [0, 0.1) is 12.7 Å². The van der Waals surface area contributed by atoms with E-state index in [4.69, 9.17) is 10.9 Å². The van der Waals surface area contributed by atoms with Crippen molar-refractivity contribution in [2.75, 3.05) is 11.4 Å². The van der Waals surface area contributed by atoms with Crippen molar-refractivity contribution in [3.63, 3.8) is 0 Å². The van der Waals surface area contributed by atoms with Crippen molar-refractivity contribution in [2.24, 2.45) is 10.9 Å². The smallest absolute Gasteiger partial charge is 0.172 e. The van der Waals surface area contributed by atoms with E-state index in [0.717, 1.165) is 16.9 Å². The van der Waals surface area contributed by atoms with Gasteiger partial charge in [-0.25, -0.2) is 4.39 Å². The van der Waals surface area contributed by atoms with Crippen LogP contribution in [0.3, 0.4) is 0 Å². The van der Waals surface area contributed by atoms with Gasteiger partial charge in [0.15, 0.2) is 5.84 Å². The van der Waals surface area contributed by atoms with Crippen LogP contribution in [0.5, 0.6) is 0 Å². The second kappa shape index (κ2) is 6.26. The first kappa shape index (κ1) is 14.8. The first-order chi connectivity index (χ1) is 10.1. The molecule has 21 heavy (non-hydrogen) atoms. The van der Waals surface area contributed by atoms with Crippen molar-refractivity contribution >= 4 is 17.2 Å². The molecule has 0 atom stereocenters. The number of hydrogen-bond acceptors (Lipinski definition) is 3. The van der Waals surface area contributed by atoms with Crippen LogP contribution in [-0.4, -0.2) is 17.6 Å². The van der Waals surface area contributed by atoms with E-state index < -0.39 is 0 Å². The quantitative estimate of drug-likeness (QED) is 0.392. The molecule has 0 aliphatic carbocycles. The van der Waals surface area contributed by atoms with Crippen LogP contribution in [-0.2, 0) is 0 Å². The summed E-state index contributed by atoms with van der Waals surface area (Å²) in [4.78, 5) is 1.98. The number of rotatable bonds is 4. The normalized spacial score (nSPS) is 11.5. The van der Waals surface area contributed by atoms with Gasteiger partial charge in [-0.1, -0.05) is 16.8 Å². The molecular formula is C16H18FN3O. The maximum Gasteiger partial charge on any atom is 0.172 e. The number of hydrogen-bond donors (Lipinski definition) is 2. The fraction of sp³-hybridized carbons (Fsp3) is 0.188. The van der Waals surface area contributed by atoms with Crippen molar-refractivity contribution in [1.29, 1.82) is 0 Å². The third-order valence-electron chi connectivity index (χ3n) is 3.28. The molecule has 4 nitrogen and oxygen atoms in total. The van der Waals surface area contributed by atoms with Crippen molar-refractivity contribution < 1.29 is 9.60 Å². The average molecular weight is 287 g/mol. The second-order valence-electron chi connectivity index (χ2n) is 4.73. The average Bonchev–Trinajstić information content (AvgIpc) is 2.50. The summed E-state index contributed by atoms with van der Waals surface area (Å²) in [7, 11) is 0. The van der Waals surface area contributed by atoms with Crippen LogP contribution in [0.1, 0.15) is 18.1 Å². The van der Waals surface area contributed by atoms with E-state index in [1.807, 2.05) is 36.9 Å². The molecule has 0 bridgehead atoms. The summed E-state index contributed by atoms with van der Waals surface area (Å²) >= 11 is 0. The van der Waals surface area contributed by atoms with Gasteiger partial charge in [0, 0.05) is 17.8 Å². The lowest BCUT2D eigenvalue weighted by Gasteiger charge is -2.26.